The summed E-state index contributed by atoms with van der Waals surface area (Å²) in [7, 11) is 0. The molecule has 1 N–H and O–H groups in total. The summed E-state index contributed by atoms with van der Waals surface area (Å²) in [5.41, 5.74) is 3.74. The van der Waals surface area contributed by atoms with Crippen LogP contribution in [0.3, 0.4) is 0 Å². The molecule has 1 aliphatic heterocycles. The number of aryl methyl sites for hydroxylation is 2. The van der Waals surface area contributed by atoms with Crippen molar-refractivity contribution < 1.29 is 13.7 Å². The molecule has 0 spiro atoms. The quantitative estimate of drug-likeness (QED) is 0.591. The van der Waals surface area contributed by atoms with Crippen LogP contribution in [0.4, 0.5) is 10.1 Å². The molecule has 6 nitrogen and oxygen atoms in total. The highest BCUT2D eigenvalue weighted by Gasteiger charge is 2.14. The molecule has 2 heterocycles. The van der Waals surface area contributed by atoms with E-state index in [0.717, 1.165) is 30.9 Å². The van der Waals surface area contributed by atoms with Crippen molar-refractivity contribution in [3.8, 4) is 11.4 Å². The molecule has 1 amide bonds. The van der Waals surface area contributed by atoms with Crippen LogP contribution >= 0.6 is 11.8 Å². The smallest absolute Gasteiger partial charge is 0.227 e. The van der Waals surface area contributed by atoms with Crippen molar-refractivity contribution >= 4 is 23.4 Å². The van der Waals surface area contributed by atoms with Crippen LogP contribution in [0.2, 0.25) is 0 Å². The van der Waals surface area contributed by atoms with Gasteiger partial charge in [0.2, 0.25) is 17.6 Å². The predicted molar refractivity (Wildman–Crippen MR) is 120 cm³/mol. The van der Waals surface area contributed by atoms with Gasteiger partial charge in [0, 0.05) is 55.2 Å². The number of carbonyl (C=O) groups excluding carboxylic acids is 1. The van der Waals surface area contributed by atoms with Crippen LogP contribution in [-0.2, 0) is 17.8 Å². The van der Waals surface area contributed by atoms with Gasteiger partial charge in [-0.3, -0.25) is 9.69 Å². The first-order valence-corrected chi connectivity index (χ1v) is 11.5. The monoisotopic (exact) mass is 440 g/mol. The molecule has 31 heavy (non-hydrogen) atoms. The summed E-state index contributed by atoms with van der Waals surface area (Å²) in [6, 6.07) is 12.1. The third-order valence-electron chi connectivity index (χ3n) is 5.22. The van der Waals surface area contributed by atoms with E-state index in [1.165, 1.54) is 29.2 Å². The van der Waals surface area contributed by atoms with Gasteiger partial charge >= 0.3 is 0 Å². The van der Waals surface area contributed by atoms with Crippen LogP contribution in [0.25, 0.3) is 11.4 Å². The summed E-state index contributed by atoms with van der Waals surface area (Å²) in [4.78, 5) is 19.2. The van der Waals surface area contributed by atoms with Gasteiger partial charge in [-0.1, -0.05) is 17.3 Å². The second kappa shape index (κ2) is 10.1. The van der Waals surface area contributed by atoms with Crippen molar-refractivity contribution in [3.05, 3.63) is 65.3 Å². The molecule has 0 atom stereocenters. The molecule has 2 aromatic carbocycles. The highest BCUT2D eigenvalue weighted by Crippen LogP contribution is 2.21. The van der Waals surface area contributed by atoms with Gasteiger partial charge in [-0.05, 0) is 48.4 Å². The van der Waals surface area contributed by atoms with Crippen LogP contribution < -0.4 is 5.32 Å². The number of hydrogen-bond acceptors (Lipinski definition) is 6. The van der Waals surface area contributed by atoms with Gasteiger partial charge in [-0.2, -0.15) is 16.7 Å². The summed E-state index contributed by atoms with van der Waals surface area (Å²) < 4.78 is 18.3. The van der Waals surface area contributed by atoms with Crippen molar-refractivity contribution in [2.45, 2.75) is 26.3 Å². The lowest BCUT2D eigenvalue weighted by Crippen LogP contribution is -2.32. The van der Waals surface area contributed by atoms with Gasteiger partial charge < -0.3 is 9.84 Å². The Bertz CT molecular complexity index is 1030. The standard InChI is InChI=1S/C23H25FN4O2S/c1-16-2-3-17(15-28-10-12-31-13-11-28)14-20(16)25-21(29)8-9-22-26-23(27-30-22)18-4-6-19(24)7-5-18/h2-7,14H,8-13,15H2,1H3,(H,25,29). The fourth-order valence-corrected chi connectivity index (χ4v) is 4.40. The first kappa shape index (κ1) is 21.5. The number of rotatable bonds is 7. The summed E-state index contributed by atoms with van der Waals surface area (Å²) in [6.07, 6.45) is 0.572. The maximum absolute atomic E-state index is 13.1. The van der Waals surface area contributed by atoms with Crippen molar-refractivity contribution in [2.24, 2.45) is 0 Å². The van der Waals surface area contributed by atoms with Crippen LogP contribution in [0.5, 0.6) is 0 Å². The molecule has 1 fully saturated rings. The van der Waals surface area contributed by atoms with Gasteiger partial charge in [-0.25, -0.2) is 4.39 Å². The maximum atomic E-state index is 13.1. The van der Waals surface area contributed by atoms with Gasteiger partial charge in [0.25, 0.3) is 0 Å². The van der Waals surface area contributed by atoms with Crippen molar-refractivity contribution in [2.75, 3.05) is 29.9 Å². The normalized spacial score (nSPS) is 14.5. The Balaban J connectivity index is 1.32. The molecule has 8 heteroatoms. The summed E-state index contributed by atoms with van der Waals surface area (Å²) in [5.74, 6) is 2.69. The highest BCUT2D eigenvalue weighted by molar-refractivity contribution is 7.99. The lowest BCUT2D eigenvalue weighted by Gasteiger charge is -2.26. The zero-order chi connectivity index (χ0) is 21.6. The number of anilines is 1. The van der Waals surface area contributed by atoms with Crippen LogP contribution in [-0.4, -0.2) is 45.5 Å². The molecule has 0 bridgehead atoms. The van der Waals surface area contributed by atoms with Crippen molar-refractivity contribution in [3.63, 3.8) is 0 Å². The number of nitrogens with zero attached hydrogens (tertiary/aromatic N) is 3. The third-order valence-corrected chi connectivity index (χ3v) is 6.16. The van der Waals surface area contributed by atoms with Gasteiger partial charge in [0.1, 0.15) is 5.82 Å². The van der Waals surface area contributed by atoms with Gasteiger partial charge in [0.05, 0.1) is 0 Å². The van der Waals surface area contributed by atoms with E-state index in [2.05, 4.69) is 38.6 Å². The zero-order valence-electron chi connectivity index (χ0n) is 17.4. The van der Waals surface area contributed by atoms with Gasteiger partial charge in [0.15, 0.2) is 0 Å². The molecule has 162 valence electrons. The van der Waals surface area contributed by atoms with E-state index < -0.39 is 0 Å². The second-order valence-electron chi connectivity index (χ2n) is 7.60. The molecule has 3 aromatic rings. The zero-order valence-corrected chi connectivity index (χ0v) is 18.3. The van der Waals surface area contributed by atoms with E-state index in [-0.39, 0.29) is 18.1 Å². The Morgan fingerprint density at radius 1 is 1.19 bits per heavy atom. The average molecular weight is 441 g/mol. The Hall–Kier alpha value is -2.71. The Labute approximate surface area is 185 Å². The van der Waals surface area contributed by atoms with Crippen molar-refractivity contribution in [1.29, 1.82) is 0 Å². The minimum atomic E-state index is -0.321. The maximum Gasteiger partial charge on any atom is 0.227 e. The fraction of sp³-hybridized carbons (Fsp3) is 0.348. The third kappa shape index (κ3) is 5.92. The average Bonchev–Trinajstić information content (AvgIpc) is 3.25. The second-order valence-corrected chi connectivity index (χ2v) is 8.83. The van der Waals surface area contributed by atoms with E-state index in [1.807, 2.05) is 18.7 Å². The molecule has 0 radical (unpaired) electrons. The fourth-order valence-electron chi connectivity index (χ4n) is 3.43. The van der Waals surface area contributed by atoms with E-state index in [1.54, 1.807) is 12.1 Å². The largest absolute Gasteiger partial charge is 0.339 e. The number of aromatic nitrogens is 2. The van der Waals surface area contributed by atoms with Crippen LogP contribution in [0, 0.1) is 12.7 Å². The number of thioether (sulfide) groups is 1. The van der Waals surface area contributed by atoms with Crippen LogP contribution in [0.15, 0.2) is 47.0 Å². The summed E-state index contributed by atoms with van der Waals surface area (Å²) >= 11 is 2.00. The lowest BCUT2D eigenvalue weighted by molar-refractivity contribution is -0.116. The Morgan fingerprint density at radius 3 is 2.74 bits per heavy atom. The number of benzene rings is 2. The molecular formula is C23H25FN4O2S. The number of carbonyl (C=O) groups is 1. The minimum Gasteiger partial charge on any atom is -0.339 e. The molecule has 4 rings (SSSR count). The number of nitrogens with one attached hydrogen (secondary N) is 1. The number of halogens is 1. The van der Waals surface area contributed by atoms with E-state index in [9.17, 15) is 9.18 Å². The first-order valence-electron chi connectivity index (χ1n) is 10.3. The van der Waals surface area contributed by atoms with E-state index in [0.29, 0.717) is 23.7 Å². The van der Waals surface area contributed by atoms with Crippen LogP contribution in [0.1, 0.15) is 23.4 Å². The SMILES string of the molecule is Cc1ccc(CN2CCSCC2)cc1NC(=O)CCc1nc(-c2ccc(F)cc2)no1. The molecule has 0 unspecified atom stereocenters. The molecule has 0 aliphatic carbocycles. The molecule has 0 saturated carbocycles. The lowest BCUT2D eigenvalue weighted by atomic mass is 10.1. The van der Waals surface area contributed by atoms with E-state index >= 15 is 0 Å². The summed E-state index contributed by atoms with van der Waals surface area (Å²) in [6.45, 7) is 5.09. The Morgan fingerprint density at radius 2 is 1.97 bits per heavy atom. The van der Waals surface area contributed by atoms with Gasteiger partial charge in [-0.15, -0.1) is 0 Å². The number of amides is 1. The molecule has 1 aromatic heterocycles. The molecular weight excluding hydrogens is 415 g/mol. The van der Waals surface area contributed by atoms with E-state index in [4.69, 9.17) is 4.52 Å². The highest BCUT2D eigenvalue weighted by atomic mass is 32.2. The predicted octanol–water partition coefficient (Wildman–Crippen LogP) is 4.30. The molecule has 1 aliphatic rings. The number of hydrogen-bond donors (Lipinski definition) is 1. The first-order chi connectivity index (χ1) is 15.1. The van der Waals surface area contributed by atoms with Crippen molar-refractivity contribution in [1.82, 2.24) is 15.0 Å². The summed E-state index contributed by atoms with van der Waals surface area (Å²) in [5, 5.41) is 6.92. The topological polar surface area (TPSA) is 71.3 Å². The Kier molecular flexibility index (Phi) is 6.99. The molecule has 1 saturated heterocycles. The minimum absolute atomic E-state index is 0.101.